The second kappa shape index (κ2) is 26.5. The van der Waals surface area contributed by atoms with Crippen molar-refractivity contribution >= 4 is 11.9 Å². The van der Waals surface area contributed by atoms with E-state index in [9.17, 15) is 81.1 Å². The summed E-state index contributed by atoms with van der Waals surface area (Å²) in [5.74, 6) is -1.86. The molecule has 4 saturated heterocycles. The minimum absolute atomic E-state index is 0.0726. The van der Waals surface area contributed by atoms with Crippen LogP contribution in [0.5, 0.6) is 0 Å². The number of rotatable bonds is 18. The molecule has 4 rings (SSSR count). The van der Waals surface area contributed by atoms with E-state index in [4.69, 9.17) is 37.9 Å². The van der Waals surface area contributed by atoms with Gasteiger partial charge >= 0.3 is 11.9 Å². The summed E-state index contributed by atoms with van der Waals surface area (Å²) in [6.45, 7) is 3.80. The molecular formula is C44H64O24. The molecule has 4 fully saturated rings. The third-order valence-corrected chi connectivity index (χ3v) is 11.2. The standard InChI is InChI=1S/C44H64O24/c1-19(11-7-13-21(3)39(59)67-43-37(57)33(53)29(49)25(65-43)17-61-41-35(55)31(51)27(47)23(15-45)63-41)9-5-6-10-20(2)12-8-14-22(4)40(60)68-44-38(58)34(54)30(50)26(66-44)18-62-42-36(56)32(52)28(48)24(16-46)64-42/h5-14,23-38,41-58H,15-18H2,1-4H3/b6-5+,11-7+,12-8+,19-9+,20-10+,21-13+,22-14+/t23-,24-,25-,26-,27-,28-,29-,30-,31+,32+,33+,34+,35-,36-,37-,38-,41-,42-,43+,44?/m0/s1. The van der Waals surface area contributed by atoms with Gasteiger partial charge in [0, 0.05) is 11.1 Å². The number of allylic oxidation sites excluding steroid dienone is 12. The number of carbonyl (C=O) groups excluding carboxylic acids is 2. The largest absolute Gasteiger partial charge is 0.429 e. The molecule has 20 atom stereocenters. The Morgan fingerprint density at radius 3 is 1.01 bits per heavy atom. The predicted octanol–water partition coefficient (Wildman–Crippen LogP) is -5.23. The highest BCUT2D eigenvalue weighted by molar-refractivity contribution is 5.88. The van der Waals surface area contributed by atoms with Gasteiger partial charge in [0.15, 0.2) is 12.6 Å². The van der Waals surface area contributed by atoms with Crippen molar-refractivity contribution in [1.82, 2.24) is 0 Å². The summed E-state index contributed by atoms with van der Waals surface area (Å²) in [5.41, 5.74) is 1.68. The first kappa shape index (κ1) is 56.9. The zero-order valence-electron chi connectivity index (χ0n) is 37.5. The van der Waals surface area contributed by atoms with Gasteiger partial charge in [-0.3, -0.25) is 0 Å². The van der Waals surface area contributed by atoms with E-state index in [1.807, 2.05) is 0 Å². The van der Waals surface area contributed by atoms with Gasteiger partial charge in [0.05, 0.1) is 26.4 Å². The van der Waals surface area contributed by atoms with Crippen LogP contribution in [0.15, 0.2) is 83.1 Å². The van der Waals surface area contributed by atoms with Crippen molar-refractivity contribution in [2.75, 3.05) is 26.4 Å². The van der Waals surface area contributed by atoms with Crippen molar-refractivity contribution in [1.29, 1.82) is 0 Å². The van der Waals surface area contributed by atoms with E-state index in [0.29, 0.717) is 0 Å². The lowest BCUT2D eigenvalue weighted by atomic mass is 9.98. The van der Waals surface area contributed by atoms with E-state index >= 15 is 0 Å². The average Bonchev–Trinajstić information content (AvgIpc) is 3.31. The molecule has 0 aromatic carbocycles. The maximum absolute atomic E-state index is 12.8. The molecule has 68 heavy (non-hydrogen) atoms. The minimum atomic E-state index is -1.86. The van der Waals surface area contributed by atoms with Crippen molar-refractivity contribution < 1.29 is 119 Å². The summed E-state index contributed by atoms with van der Waals surface area (Å²) in [7, 11) is 0. The number of esters is 2. The normalized spacial score (nSPS) is 40.3. The number of hydrogen-bond donors (Lipinski definition) is 14. The number of aliphatic hydroxyl groups is 14. The zero-order valence-corrected chi connectivity index (χ0v) is 37.5. The van der Waals surface area contributed by atoms with Crippen LogP contribution in [0.2, 0.25) is 0 Å². The van der Waals surface area contributed by atoms with Crippen molar-refractivity contribution in [2.24, 2.45) is 0 Å². The van der Waals surface area contributed by atoms with E-state index in [1.165, 1.54) is 26.0 Å². The van der Waals surface area contributed by atoms with Crippen molar-refractivity contribution in [3.05, 3.63) is 83.1 Å². The van der Waals surface area contributed by atoms with E-state index in [1.54, 1.807) is 62.5 Å². The lowest BCUT2D eigenvalue weighted by molar-refractivity contribution is -0.326. The number of aliphatic hydroxyl groups excluding tert-OH is 14. The van der Waals surface area contributed by atoms with Gasteiger partial charge in [-0.25, -0.2) is 9.59 Å². The van der Waals surface area contributed by atoms with E-state index in [-0.39, 0.29) is 11.1 Å². The Morgan fingerprint density at radius 2 is 0.691 bits per heavy atom. The summed E-state index contributed by atoms with van der Waals surface area (Å²) in [6.07, 6.45) is -16.8. The SMILES string of the molecule is CC(/C=C/C=C(\C)C(=O)OC1O[C@@H](CO[C@H]2O[C@@H](CO)[C@H](O)[C@@H](O)[C@@H]2O)[C@H](O)[C@@H](O)[C@@H]1O)=C\C=C\C=C(C)\C=C\C=C(/C)C(=O)O[C@H]1O[C@@H](CO[C@H]2O[C@@H](CO)[C@H](O)[C@@H](O)[C@@H]2O)[C@H](O)[C@@H](O)[C@@H]1O. The zero-order chi connectivity index (χ0) is 50.6. The Balaban J connectivity index is 1.23. The van der Waals surface area contributed by atoms with Crippen LogP contribution >= 0.6 is 0 Å². The van der Waals surface area contributed by atoms with Gasteiger partial charge in [-0.15, -0.1) is 0 Å². The minimum Gasteiger partial charge on any atom is -0.429 e. The maximum Gasteiger partial charge on any atom is 0.336 e. The summed E-state index contributed by atoms with van der Waals surface area (Å²) in [5, 5.41) is 142. The van der Waals surface area contributed by atoms with Gasteiger partial charge in [-0.1, -0.05) is 71.9 Å². The first-order valence-electron chi connectivity index (χ1n) is 21.5. The Morgan fingerprint density at radius 1 is 0.397 bits per heavy atom. The Hall–Kier alpha value is -3.68. The third kappa shape index (κ3) is 14.9. The second-order valence-electron chi connectivity index (χ2n) is 16.5. The molecule has 0 aliphatic carbocycles. The number of ether oxygens (including phenoxy) is 8. The fourth-order valence-corrected chi connectivity index (χ4v) is 6.84. The summed E-state index contributed by atoms with van der Waals surface area (Å²) in [4.78, 5) is 25.6. The second-order valence-corrected chi connectivity index (χ2v) is 16.5. The Kier molecular flexibility index (Phi) is 22.2. The van der Waals surface area contributed by atoms with Crippen LogP contribution in [0, 0.1) is 0 Å². The molecule has 4 heterocycles. The molecular weight excluding hydrogens is 912 g/mol. The smallest absolute Gasteiger partial charge is 0.336 e. The number of hydrogen-bond acceptors (Lipinski definition) is 24. The molecule has 0 bridgehead atoms. The quantitative estimate of drug-likeness (QED) is 0.0347. The van der Waals surface area contributed by atoms with Crippen molar-refractivity contribution in [2.45, 2.75) is 151 Å². The topological polar surface area (TPSA) is 391 Å². The molecule has 384 valence electrons. The molecule has 0 spiro atoms. The highest BCUT2D eigenvalue weighted by Gasteiger charge is 2.50. The van der Waals surface area contributed by atoms with E-state index in [0.717, 1.165) is 11.1 Å². The van der Waals surface area contributed by atoms with Crippen LogP contribution in [0.25, 0.3) is 0 Å². The van der Waals surface area contributed by atoms with Crippen LogP contribution in [-0.2, 0) is 47.5 Å². The molecule has 24 heteroatoms. The van der Waals surface area contributed by atoms with Crippen molar-refractivity contribution in [3.63, 3.8) is 0 Å². The van der Waals surface area contributed by atoms with E-state index < -0.39 is 161 Å². The summed E-state index contributed by atoms with van der Waals surface area (Å²) >= 11 is 0. The molecule has 0 radical (unpaired) electrons. The van der Waals surface area contributed by atoms with Crippen molar-refractivity contribution in [3.8, 4) is 0 Å². The average molecular weight is 977 g/mol. The highest BCUT2D eigenvalue weighted by Crippen LogP contribution is 2.28. The fourth-order valence-electron chi connectivity index (χ4n) is 6.84. The van der Waals surface area contributed by atoms with Gasteiger partial charge < -0.3 is 109 Å². The molecule has 4 aliphatic rings. The molecule has 0 saturated carbocycles. The fraction of sp³-hybridized carbons (Fsp3) is 0.636. The summed E-state index contributed by atoms with van der Waals surface area (Å²) < 4.78 is 42.7. The molecule has 14 N–H and O–H groups in total. The van der Waals surface area contributed by atoms with Crippen LogP contribution in [0.4, 0.5) is 0 Å². The summed E-state index contributed by atoms with van der Waals surface area (Å²) in [6, 6.07) is 0. The Bertz CT molecular complexity index is 1730. The van der Waals surface area contributed by atoms with Gasteiger partial charge in [-0.05, 0) is 27.7 Å². The van der Waals surface area contributed by atoms with Gasteiger partial charge in [-0.2, -0.15) is 0 Å². The maximum atomic E-state index is 12.8. The molecule has 24 nitrogen and oxygen atoms in total. The van der Waals surface area contributed by atoms with Gasteiger partial charge in [0.1, 0.15) is 97.7 Å². The lowest BCUT2D eigenvalue weighted by Crippen LogP contribution is -2.61. The lowest BCUT2D eigenvalue weighted by Gasteiger charge is -2.42. The predicted molar refractivity (Wildman–Crippen MR) is 227 cm³/mol. The van der Waals surface area contributed by atoms with Crippen LogP contribution in [0.1, 0.15) is 27.7 Å². The van der Waals surface area contributed by atoms with Gasteiger partial charge in [0.25, 0.3) is 0 Å². The van der Waals surface area contributed by atoms with Crippen LogP contribution < -0.4 is 0 Å². The third-order valence-electron chi connectivity index (χ3n) is 11.2. The first-order valence-corrected chi connectivity index (χ1v) is 21.5. The van der Waals surface area contributed by atoms with Crippen LogP contribution in [0.3, 0.4) is 0 Å². The molecule has 4 aliphatic heterocycles. The molecule has 0 amide bonds. The van der Waals surface area contributed by atoms with Gasteiger partial charge in [0.2, 0.25) is 12.6 Å². The molecule has 1 unspecified atom stereocenters. The molecule has 0 aromatic heterocycles. The monoisotopic (exact) mass is 976 g/mol. The number of carbonyl (C=O) groups is 2. The molecule has 0 aromatic rings. The Labute approximate surface area is 390 Å². The highest BCUT2D eigenvalue weighted by atomic mass is 16.8. The van der Waals surface area contributed by atoms with Crippen LogP contribution in [-0.4, -0.2) is 233 Å². The first-order chi connectivity index (χ1) is 32.1. The van der Waals surface area contributed by atoms with E-state index in [2.05, 4.69) is 0 Å².